The first kappa shape index (κ1) is 20.1. The van der Waals surface area contributed by atoms with E-state index in [1.165, 1.54) is 7.11 Å². The fourth-order valence-electron chi connectivity index (χ4n) is 4.10. The fourth-order valence-corrected chi connectivity index (χ4v) is 4.10. The molecule has 4 rings (SSSR count). The summed E-state index contributed by atoms with van der Waals surface area (Å²) in [6.45, 7) is 0.526. The Hall–Kier alpha value is -3.15. The topological polar surface area (TPSA) is 78.9 Å². The van der Waals surface area contributed by atoms with Crippen LogP contribution in [0.1, 0.15) is 54.4 Å². The third-order valence-electron chi connectivity index (χ3n) is 5.53. The van der Waals surface area contributed by atoms with Crippen molar-refractivity contribution >= 4 is 17.5 Å². The summed E-state index contributed by atoms with van der Waals surface area (Å²) in [6, 6.07) is 3.33. The van der Waals surface area contributed by atoms with Gasteiger partial charge in [-0.2, -0.15) is 0 Å². The van der Waals surface area contributed by atoms with E-state index < -0.39 is 11.8 Å². The second kappa shape index (κ2) is 8.69. The van der Waals surface area contributed by atoms with Crippen LogP contribution in [0.25, 0.3) is 0 Å². The van der Waals surface area contributed by atoms with E-state index in [-0.39, 0.29) is 30.0 Å². The predicted molar refractivity (Wildman–Crippen MR) is 110 cm³/mol. The quantitative estimate of drug-likeness (QED) is 0.402. The lowest BCUT2D eigenvalue weighted by Gasteiger charge is -2.20. The molecule has 1 aliphatic heterocycles. The summed E-state index contributed by atoms with van der Waals surface area (Å²) >= 11 is 0. The Kier molecular flexibility index (Phi) is 5.84. The van der Waals surface area contributed by atoms with Crippen molar-refractivity contribution in [2.45, 2.75) is 44.9 Å². The molecule has 0 N–H and O–H groups in total. The van der Waals surface area contributed by atoms with E-state index in [0.29, 0.717) is 42.9 Å². The van der Waals surface area contributed by atoms with Crippen molar-refractivity contribution < 1.29 is 28.6 Å². The number of carbonyl (C=O) groups is 3. The van der Waals surface area contributed by atoms with Gasteiger partial charge in [0.25, 0.3) is 0 Å². The molecule has 0 bridgehead atoms. The highest BCUT2D eigenvalue weighted by Crippen LogP contribution is 2.38. The molecule has 0 aromatic heterocycles. The van der Waals surface area contributed by atoms with Gasteiger partial charge in [-0.25, -0.2) is 0 Å². The third-order valence-corrected chi connectivity index (χ3v) is 5.53. The van der Waals surface area contributed by atoms with Crippen molar-refractivity contribution in [2.75, 3.05) is 13.7 Å². The first-order chi connectivity index (χ1) is 14.6. The second-order valence-corrected chi connectivity index (χ2v) is 7.54. The number of carbonyl (C=O) groups excluding carboxylic acids is 3. The lowest BCUT2D eigenvalue weighted by Crippen LogP contribution is -2.23. The number of hydrogen-bond acceptors (Lipinski definition) is 6. The van der Waals surface area contributed by atoms with E-state index in [4.69, 9.17) is 14.2 Å². The minimum Gasteiger partial charge on any atom is -0.496 e. The zero-order valence-electron chi connectivity index (χ0n) is 17.0. The van der Waals surface area contributed by atoms with Crippen LogP contribution < -0.4 is 9.47 Å². The van der Waals surface area contributed by atoms with Gasteiger partial charge in [-0.05, 0) is 37.0 Å². The average molecular weight is 408 g/mol. The van der Waals surface area contributed by atoms with Gasteiger partial charge in [0.05, 0.1) is 25.7 Å². The van der Waals surface area contributed by atoms with E-state index in [1.54, 1.807) is 12.1 Å². The van der Waals surface area contributed by atoms with Gasteiger partial charge in [0.15, 0.2) is 5.78 Å². The van der Waals surface area contributed by atoms with Crippen LogP contribution >= 0.6 is 0 Å². The highest BCUT2D eigenvalue weighted by atomic mass is 16.5. The second-order valence-electron chi connectivity index (χ2n) is 7.54. The molecule has 0 radical (unpaired) electrons. The molecule has 3 aliphatic rings. The molecule has 0 spiro atoms. The Bertz CT molecular complexity index is 995. The molecule has 1 heterocycles. The van der Waals surface area contributed by atoms with Crippen LogP contribution in [-0.2, 0) is 20.7 Å². The number of benzene rings is 1. The summed E-state index contributed by atoms with van der Waals surface area (Å²) in [5.41, 5.74) is 1.96. The monoisotopic (exact) mass is 408 g/mol. The Balaban J connectivity index is 1.64. The fraction of sp³-hybridized carbons (Fsp3) is 0.375. The van der Waals surface area contributed by atoms with Gasteiger partial charge < -0.3 is 14.2 Å². The Labute approximate surface area is 175 Å². The molecule has 0 saturated carbocycles. The normalized spacial score (nSPS) is 17.9. The number of allylic oxidation sites excluding steroid dienone is 5. The van der Waals surface area contributed by atoms with Crippen LogP contribution in [0.15, 0.2) is 47.3 Å². The lowest BCUT2D eigenvalue weighted by molar-refractivity contribution is -0.139. The highest BCUT2D eigenvalue weighted by molar-refractivity contribution is 6.28. The molecule has 0 unspecified atom stereocenters. The Morgan fingerprint density at radius 1 is 1.13 bits per heavy atom. The maximum Gasteiger partial charge on any atom is 0.315 e. The van der Waals surface area contributed by atoms with Crippen LogP contribution in [0.2, 0.25) is 0 Å². The van der Waals surface area contributed by atoms with Crippen molar-refractivity contribution in [3.05, 3.63) is 58.4 Å². The predicted octanol–water partition coefficient (Wildman–Crippen LogP) is 4.03. The van der Waals surface area contributed by atoms with Gasteiger partial charge >= 0.3 is 5.97 Å². The van der Waals surface area contributed by atoms with Crippen molar-refractivity contribution in [1.29, 1.82) is 0 Å². The number of ether oxygens (including phenoxy) is 3. The summed E-state index contributed by atoms with van der Waals surface area (Å²) < 4.78 is 16.6. The van der Waals surface area contributed by atoms with E-state index in [1.807, 2.05) is 18.2 Å². The van der Waals surface area contributed by atoms with E-state index >= 15 is 0 Å². The highest BCUT2D eigenvalue weighted by Gasteiger charge is 2.33. The van der Waals surface area contributed by atoms with Gasteiger partial charge in [-0.3, -0.25) is 14.4 Å². The molecule has 1 aromatic rings. The minimum absolute atomic E-state index is 0.0417. The van der Waals surface area contributed by atoms with Gasteiger partial charge in [-0.1, -0.05) is 18.2 Å². The van der Waals surface area contributed by atoms with E-state index in [2.05, 4.69) is 0 Å². The Morgan fingerprint density at radius 3 is 2.77 bits per heavy atom. The van der Waals surface area contributed by atoms with Crippen molar-refractivity contribution in [3.8, 4) is 11.5 Å². The van der Waals surface area contributed by atoms with Crippen LogP contribution in [-0.4, -0.2) is 31.3 Å². The van der Waals surface area contributed by atoms with Crippen molar-refractivity contribution in [1.82, 2.24) is 0 Å². The zero-order chi connectivity index (χ0) is 21.1. The van der Waals surface area contributed by atoms with Crippen LogP contribution in [0.5, 0.6) is 11.5 Å². The van der Waals surface area contributed by atoms with Crippen molar-refractivity contribution in [3.63, 3.8) is 0 Å². The lowest BCUT2D eigenvalue weighted by atomic mass is 9.89. The Morgan fingerprint density at radius 2 is 2.00 bits per heavy atom. The number of esters is 1. The van der Waals surface area contributed by atoms with Crippen LogP contribution in [0.3, 0.4) is 0 Å². The number of rotatable bonds is 6. The molecule has 2 aliphatic carbocycles. The third kappa shape index (κ3) is 3.95. The summed E-state index contributed by atoms with van der Waals surface area (Å²) in [7, 11) is 1.49. The summed E-state index contributed by atoms with van der Waals surface area (Å²) in [5, 5.41) is 0. The van der Waals surface area contributed by atoms with Crippen molar-refractivity contribution in [2.24, 2.45) is 0 Å². The molecule has 1 aromatic carbocycles. The van der Waals surface area contributed by atoms with Crippen LogP contribution in [0, 0.1) is 0 Å². The molecule has 0 atom stereocenters. The minimum atomic E-state index is -0.467. The molecule has 6 nitrogen and oxygen atoms in total. The van der Waals surface area contributed by atoms with Gasteiger partial charge in [-0.15, -0.1) is 0 Å². The number of ketones is 2. The molecular formula is C24H24O6. The first-order valence-electron chi connectivity index (χ1n) is 10.3. The summed E-state index contributed by atoms with van der Waals surface area (Å²) in [6.07, 6.45) is 9.74. The number of Topliss-reactive ketones (excluding diaryl/α,β-unsaturated/α-hetero) is 2. The molecule has 0 fully saturated rings. The molecule has 0 saturated heterocycles. The SMILES string of the molecule is COc1c(C(=O)C2=C(OC(=O)CC3=CCCC=C3)CCCC2=O)ccc2c1CCO2. The smallest absolute Gasteiger partial charge is 0.315 e. The zero-order valence-corrected chi connectivity index (χ0v) is 17.0. The van der Waals surface area contributed by atoms with Crippen LogP contribution in [0.4, 0.5) is 0 Å². The standard InChI is InChI=1S/C24H24O6/c1-28-24-16-12-13-29-19(16)11-10-17(24)23(27)22-18(25)8-5-9-20(22)30-21(26)14-15-6-3-2-4-7-15/h3,6-7,10-11H,2,4-5,8-9,12-14H2,1H3. The van der Waals surface area contributed by atoms with Gasteiger partial charge in [0, 0.05) is 24.8 Å². The van der Waals surface area contributed by atoms with Gasteiger partial charge in [0.2, 0.25) is 5.78 Å². The molecular weight excluding hydrogens is 384 g/mol. The maximum atomic E-state index is 13.4. The first-order valence-corrected chi connectivity index (χ1v) is 10.3. The summed E-state index contributed by atoms with van der Waals surface area (Å²) in [5.74, 6) is 0.0462. The maximum absolute atomic E-state index is 13.4. The number of methoxy groups -OCH3 is 1. The average Bonchev–Trinajstić information content (AvgIpc) is 3.22. The van der Waals surface area contributed by atoms with E-state index in [0.717, 1.165) is 24.0 Å². The number of hydrogen-bond donors (Lipinski definition) is 0. The van der Waals surface area contributed by atoms with Gasteiger partial charge in [0.1, 0.15) is 22.8 Å². The molecule has 0 amide bonds. The summed E-state index contributed by atoms with van der Waals surface area (Å²) in [4.78, 5) is 38.5. The largest absolute Gasteiger partial charge is 0.496 e. The van der Waals surface area contributed by atoms with E-state index in [9.17, 15) is 14.4 Å². The molecule has 6 heteroatoms. The molecule has 156 valence electrons. The number of fused-ring (bicyclic) bond motifs is 1. The molecule has 30 heavy (non-hydrogen) atoms.